The van der Waals surface area contributed by atoms with Crippen LogP contribution in [0.3, 0.4) is 0 Å². The molecule has 2 aliphatic rings. The van der Waals surface area contributed by atoms with E-state index < -0.39 is 17.5 Å². The normalized spacial score (nSPS) is 21.0. The molecule has 7 nitrogen and oxygen atoms in total. The van der Waals surface area contributed by atoms with Crippen molar-refractivity contribution in [3.63, 3.8) is 0 Å². The van der Waals surface area contributed by atoms with Crippen LogP contribution in [-0.4, -0.2) is 42.9 Å². The number of fused-ring (bicyclic) bond motifs is 1. The maximum Gasteiger partial charge on any atom is 0.325 e. The van der Waals surface area contributed by atoms with Gasteiger partial charge < -0.3 is 15.0 Å². The topological polar surface area (TPSA) is 79.0 Å². The van der Waals surface area contributed by atoms with Crippen LogP contribution in [0.4, 0.5) is 10.5 Å². The maximum atomic E-state index is 13.1. The van der Waals surface area contributed by atoms with Crippen molar-refractivity contribution in [1.82, 2.24) is 10.2 Å². The molecule has 0 aromatic heterocycles. The summed E-state index contributed by atoms with van der Waals surface area (Å²) in [5, 5.41) is 2.74. The van der Waals surface area contributed by atoms with Gasteiger partial charge in [-0.2, -0.15) is 0 Å². The molecule has 0 radical (unpaired) electrons. The summed E-state index contributed by atoms with van der Waals surface area (Å²) in [5.41, 5.74) is 1.37. The second-order valence-corrected chi connectivity index (χ2v) is 7.45. The number of carbonyl (C=O) groups excluding carboxylic acids is 3. The van der Waals surface area contributed by atoms with E-state index in [1.807, 2.05) is 24.3 Å². The number of anilines is 1. The first-order valence-electron chi connectivity index (χ1n) is 9.61. The molecular weight excluding hydrogens is 370 g/mol. The van der Waals surface area contributed by atoms with E-state index in [0.29, 0.717) is 17.9 Å². The number of methoxy groups -OCH3 is 1. The Labute approximate surface area is 169 Å². The van der Waals surface area contributed by atoms with Gasteiger partial charge in [0.2, 0.25) is 5.91 Å². The lowest BCUT2D eigenvalue weighted by Crippen LogP contribution is -2.46. The molecule has 29 heavy (non-hydrogen) atoms. The Balaban J connectivity index is 1.55. The lowest BCUT2D eigenvalue weighted by Gasteiger charge is -2.30. The second kappa shape index (κ2) is 7.24. The Bertz CT molecular complexity index is 972. The van der Waals surface area contributed by atoms with Gasteiger partial charge in [0.25, 0.3) is 5.91 Å². The van der Waals surface area contributed by atoms with E-state index in [-0.39, 0.29) is 12.5 Å². The van der Waals surface area contributed by atoms with Crippen molar-refractivity contribution in [3.05, 3.63) is 59.7 Å². The number of nitrogens with zero attached hydrogens (tertiary/aromatic N) is 2. The Morgan fingerprint density at radius 1 is 1.14 bits per heavy atom. The van der Waals surface area contributed by atoms with Crippen LogP contribution in [0.25, 0.3) is 0 Å². The van der Waals surface area contributed by atoms with E-state index in [0.717, 1.165) is 29.0 Å². The highest BCUT2D eigenvalue weighted by atomic mass is 16.5. The zero-order chi connectivity index (χ0) is 20.6. The third kappa shape index (κ3) is 3.22. The maximum absolute atomic E-state index is 13.1. The Hall–Kier alpha value is -3.35. The third-order valence-electron chi connectivity index (χ3n) is 5.65. The Kier molecular flexibility index (Phi) is 4.74. The van der Waals surface area contributed by atoms with Gasteiger partial charge in [-0.05, 0) is 49.1 Å². The molecule has 4 amide bonds. The van der Waals surface area contributed by atoms with Crippen molar-refractivity contribution in [1.29, 1.82) is 0 Å². The minimum Gasteiger partial charge on any atom is -0.497 e. The van der Waals surface area contributed by atoms with Gasteiger partial charge in [0.1, 0.15) is 17.8 Å². The number of aryl methyl sites for hydroxylation is 1. The van der Waals surface area contributed by atoms with Crippen LogP contribution in [0.15, 0.2) is 48.5 Å². The minimum absolute atomic E-state index is 0.264. The van der Waals surface area contributed by atoms with E-state index in [1.165, 1.54) is 0 Å². The van der Waals surface area contributed by atoms with Gasteiger partial charge in [-0.1, -0.05) is 30.3 Å². The quantitative estimate of drug-likeness (QED) is 0.810. The van der Waals surface area contributed by atoms with E-state index in [2.05, 4.69) is 5.32 Å². The van der Waals surface area contributed by atoms with Gasteiger partial charge in [-0.15, -0.1) is 0 Å². The molecule has 1 atom stereocenters. The van der Waals surface area contributed by atoms with Crippen LogP contribution in [0.5, 0.6) is 5.75 Å². The summed E-state index contributed by atoms with van der Waals surface area (Å²) in [5.74, 6) is -0.0455. The molecule has 0 bridgehead atoms. The highest BCUT2D eigenvalue weighted by Crippen LogP contribution is 2.31. The van der Waals surface area contributed by atoms with E-state index in [4.69, 9.17) is 4.74 Å². The number of rotatable bonds is 4. The number of urea groups is 1. The van der Waals surface area contributed by atoms with E-state index in [1.54, 1.807) is 43.2 Å². The molecular formula is C22H23N3O4. The summed E-state index contributed by atoms with van der Waals surface area (Å²) >= 11 is 0. The number of imide groups is 1. The molecule has 2 aromatic carbocycles. The number of amides is 4. The fourth-order valence-corrected chi connectivity index (χ4v) is 3.97. The van der Waals surface area contributed by atoms with Gasteiger partial charge in [0, 0.05) is 12.2 Å². The lowest BCUT2D eigenvalue weighted by molar-refractivity contribution is -0.134. The summed E-state index contributed by atoms with van der Waals surface area (Å²) < 4.78 is 5.15. The molecule has 1 N–H and O–H groups in total. The van der Waals surface area contributed by atoms with Crippen LogP contribution >= 0.6 is 0 Å². The zero-order valence-electron chi connectivity index (χ0n) is 16.5. The van der Waals surface area contributed by atoms with Crippen molar-refractivity contribution >= 4 is 23.5 Å². The third-order valence-corrected chi connectivity index (χ3v) is 5.65. The SMILES string of the molecule is COc1ccc([C@@]2(C)NC(=O)N(CC(=O)N3CCCc4ccccc43)C2=O)cc1. The molecule has 0 aliphatic carbocycles. The highest BCUT2D eigenvalue weighted by molar-refractivity contribution is 6.10. The molecule has 2 aliphatic heterocycles. The number of carbonyl (C=O) groups is 3. The second-order valence-electron chi connectivity index (χ2n) is 7.45. The fourth-order valence-electron chi connectivity index (χ4n) is 3.97. The number of hydrogen-bond acceptors (Lipinski definition) is 4. The van der Waals surface area contributed by atoms with Crippen molar-refractivity contribution < 1.29 is 19.1 Å². The molecule has 1 saturated heterocycles. The molecule has 1 fully saturated rings. The van der Waals surface area contributed by atoms with Crippen molar-refractivity contribution in [2.45, 2.75) is 25.3 Å². The van der Waals surface area contributed by atoms with Crippen LogP contribution < -0.4 is 15.0 Å². The Morgan fingerprint density at radius 3 is 2.59 bits per heavy atom. The molecule has 7 heteroatoms. The first kappa shape index (κ1) is 19.0. The van der Waals surface area contributed by atoms with Gasteiger partial charge >= 0.3 is 6.03 Å². The van der Waals surface area contributed by atoms with Gasteiger partial charge in [0.05, 0.1) is 7.11 Å². The first-order chi connectivity index (χ1) is 13.9. The summed E-state index contributed by atoms with van der Waals surface area (Å²) in [6.07, 6.45) is 1.77. The predicted octanol–water partition coefficient (Wildman–Crippen LogP) is 2.44. The predicted molar refractivity (Wildman–Crippen MR) is 108 cm³/mol. The lowest BCUT2D eigenvalue weighted by atomic mass is 9.92. The van der Waals surface area contributed by atoms with Crippen molar-refractivity contribution in [2.75, 3.05) is 25.1 Å². The molecule has 2 aromatic rings. The van der Waals surface area contributed by atoms with Gasteiger partial charge in [0.15, 0.2) is 0 Å². The summed E-state index contributed by atoms with van der Waals surface area (Å²) in [6, 6.07) is 14.1. The van der Waals surface area contributed by atoms with Gasteiger partial charge in [-0.25, -0.2) is 4.79 Å². The number of ether oxygens (including phenoxy) is 1. The average Bonchev–Trinajstić information content (AvgIpc) is 2.97. The summed E-state index contributed by atoms with van der Waals surface area (Å²) in [7, 11) is 1.56. The molecule has 150 valence electrons. The number of nitrogens with one attached hydrogen (secondary N) is 1. The summed E-state index contributed by atoms with van der Waals surface area (Å²) in [6.45, 7) is 1.94. The van der Waals surface area contributed by atoms with Crippen LogP contribution in [-0.2, 0) is 21.5 Å². The first-order valence-corrected chi connectivity index (χ1v) is 9.61. The van der Waals surface area contributed by atoms with E-state index >= 15 is 0 Å². The number of para-hydroxylation sites is 1. The monoisotopic (exact) mass is 393 g/mol. The smallest absolute Gasteiger partial charge is 0.325 e. The average molecular weight is 393 g/mol. The standard InChI is InChI=1S/C22H23N3O4/c1-22(16-9-11-17(29-2)12-10-16)20(27)25(21(28)23-22)14-19(26)24-13-5-7-15-6-3-4-8-18(15)24/h3-4,6,8-12H,5,7,13-14H2,1-2H3,(H,23,28)/t22-/m1/s1. The summed E-state index contributed by atoms with van der Waals surface area (Å²) in [4.78, 5) is 41.3. The molecule has 0 spiro atoms. The molecule has 0 unspecified atom stereocenters. The van der Waals surface area contributed by atoms with Crippen molar-refractivity contribution in [2.24, 2.45) is 0 Å². The largest absolute Gasteiger partial charge is 0.497 e. The fraction of sp³-hybridized carbons (Fsp3) is 0.318. The Morgan fingerprint density at radius 2 is 1.86 bits per heavy atom. The molecule has 2 heterocycles. The number of hydrogen-bond donors (Lipinski definition) is 1. The molecule has 4 rings (SSSR count). The van der Waals surface area contributed by atoms with Crippen LogP contribution in [0.2, 0.25) is 0 Å². The molecule has 0 saturated carbocycles. The number of benzene rings is 2. The van der Waals surface area contributed by atoms with Gasteiger partial charge in [-0.3, -0.25) is 14.5 Å². The zero-order valence-corrected chi connectivity index (χ0v) is 16.5. The highest BCUT2D eigenvalue weighted by Gasteiger charge is 2.49. The van der Waals surface area contributed by atoms with Crippen molar-refractivity contribution in [3.8, 4) is 5.75 Å². The van der Waals surface area contributed by atoms with Crippen LogP contribution in [0, 0.1) is 0 Å². The van der Waals surface area contributed by atoms with Crippen LogP contribution in [0.1, 0.15) is 24.5 Å². The van der Waals surface area contributed by atoms with E-state index in [9.17, 15) is 14.4 Å². The minimum atomic E-state index is -1.22.